The van der Waals surface area contributed by atoms with Gasteiger partial charge in [0.25, 0.3) is 0 Å². The summed E-state index contributed by atoms with van der Waals surface area (Å²) in [7, 11) is 1.71. The van der Waals surface area contributed by atoms with Gasteiger partial charge < -0.3 is 15.7 Å². The van der Waals surface area contributed by atoms with Crippen LogP contribution < -0.4 is 10.6 Å². The van der Waals surface area contributed by atoms with E-state index in [-0.39, 0.29) is 17.9 Å². The number of aliphatic hydroxyl groups is 1. The average Bonchev–Trinajstić information content (AvgIpc) is 2.25. The monoisotopic (exact) mass is 234 g/mol. The minimum absolute atomic E-state index is 0.144. The number of rotatable bonds is 7. The lowest BCUT2D eigenvalue weighted by molar-refractivity contribution is -0.125. The highest BCUT2D eigenvalue weighted by atomic mass is 19.1. The Bertz CT molecular complexity index is 212. The molecule has 0 saturated heterocycles. The zero-order chi connectivity index (χ0) is 12.7. The highest BCUT2D eigenvalue weighted by molar-refractivity contribution is 5.82. The smallest absolute Gasteiger partial charge is 0.237 e. The van der Waals surface area contributed by atoms with E-state index in [4.69, 9.17) is 0 Å². The lowest BCUT2D eigenvalue weighted by Gasteiger charge is -2.25. The summed E-state index contributed by atoms with van der Waals surface area (Å²) in [5.41, 5.74) is 0. The number of hydrogen-bond acceptors (Lipinski definition) is 3. The summed E-state index contributed by atoms with van der Waals surface area (Å²) in [6, 6.07) is -0.840. The SMILES string of the molecule is CCC(NC(=O)[C@@H](NC)C(C)C)C(O)CF. The van der Waals surface area contributed by atoms with Crippen molar-refractivity contribution in [1.29, 1.82) is 0 Å². The summed E-state index contributed by atoms with van der Waals surface area (Å²) >= 11 is 0. The van der Waals surface area contributed by atoms with Gasteiger partial charge in [0, 0.05) is 0 Å². The fraction of sp³-hybridized carbons (Fsp3) is 0.909. The molecule has 2 unspecified atom stereocenters. The Labute approximate surface area is 96.6 Å². The Morgan fingerprint density at radius 2 is 2.00 bits per heavy atom. The van der Waals surface area contributed by atoms with Crippen molar-refractivity contribution in [3.05, 3.63) is 0 Å². The number of nitrogens with one attached hydrogen (secondary N) is 2. The van der Waals surface area contributed by atoms with Gasteiger partial charge in [-0.2, -0.15) is 0 Å². The summed E-state index contributed by atoms with van der Waals surface area (Å²) in [5.74, 6) is -0.0538. The van der Waals surface area contributed by atoms with Gasteiger partial charge in [-0.1, -0.05) is 20.8 Å². The zero-order valence-corrected chi connectivity index (χ0v) is 10.5. The number of amides is 1. The van der Waals surface area contributed by atoms with Gasteiger partial charge in [0.1, 0.15) is 12.8 Å². The van der Waals surface area contributed by atoms with E-state index in [1.54, 1.807) is 14.0 Å². The molecule has 0 heterocycles. The first-order valence-electron chi connectivity index (χ1n) is 5.69. The summed E-state index contributed by atoms with van der Waals surface area (Å²) in [6.45, 7) is 4.80. The van der Waals surface area contributed by atoms with Crippen LogP contribution in [0.15, 0.2) is 0 Å². The molecular weight excluding hydrogens is 211 g/mol. The molecule has 0 fully saturated rings. The predicted octanol–water partition coefficient (Wildman–Crippen LogP) is 0.456. The minimum atomic E-state index is -1.13. The van der Waals surface area contributed by atoms with Crippen LogP contribution in [0.2, 0.25) is 0 Å². The Morgan fingerprint density at radius 3 is 2.31 bits per heavy atom. The minimum Gasteiger partial charge on any atom is -0.388 e. The summed E-state index contributed by atoms with van der Waals surface area (Å²) in [4.78, 5) is 11.8. The van der Waals surface area contributed by atoms with E-state index in [2.05, 4.69) is 10.6 Å². The third-order valence-corrected chi connectivity index (χ3v) is 2.65. The molecule has 0 rings (SSSR count). The molecule has 96 valence electrons. The van der Waals surface area contributed by atoms with Crippen LogP contribution in [0, 0.1) is 5.92 Å². The quantitative estimate of drug-likeness (QED) is 0.599. The van der Waals surface area contributed by atoms with E-state index < -0.39 is 18.8 Å². The van der Waals surface area contributed by atoms with Gasteiger partial charge in [0.15, 0.2) is 0 Å². The third-order valence-electron chi connectivity index (χ3n) is 2.65. The van der Waals surface area contributed by atoms with Crippen LogP contribution in [0.25, 0.3) is 0 Å². The Hall–Kier alpha value is -0.680. The van der Waals surface area contributed by atoms with Crippen molar-refractivity contribution in [1.82, 2.24) is 10.6 Å². The summed E-state index contributed by atoms with van der Waals surface area (Å²) < 4.78 is 12.3. The second-order valence-corrected chi connectivity index (χ2v) is 4.26. The largest absolute Gasteiger partial charge is 0.388 e. The second-order valence-electron chi connectivity index (χ2n) is 4.26. The first-order chi connectivity index (χ1) is 7.47. The van der Waals surface area contributed by atoms with Crippen LogP contribution in [-0.4, -0.2) is 42.9 Å². The van der Waals surface area contributed by atoms with E-state index in [0.717, 1.165) is 0 Å². The third kappa shape index (κ3) is 4.45. The van der Waals surface area contributed by atoms with Crippen molar-refractivity contribution >= 4 is 5.91 Å². The van der Waals surface area contributed by atoms with Crippen molar-refractivity contribution in [2.75, 3.05) is 13.7 Å². The Morgan fingerprint density at radius 1 is 1.44 bits per heavy atom. The van der Waals surface area contributed by atoms with Gasteiger partial charge in [0.2, 0.25) is 5.91 Å². The standard InChI is InChI=1S/C11H23FN2O2/c1-5-8(9(15)6-12)14-11(16)10(13-4)7(2)3/h7-10,13,15H,5-6H2,1-4H3,(H,14,16)/t8?,9?,10-/m0/s1. The molecule has 3 N–H and O–H groups in total. The van der Waals surface area contributed by atoms with E-state index in [0.29, 0.717) is 6.42 Å². The van der Waals surface area contributed by atoms with Gasteiger partial charge >= 0.3 is 0 Å². The van der Waals surface area contributed by atoms with Crippen LogP contribution in [0.5, 0.6) is 0 Å². The Balaban J connectivity index is 4.39. The molecule has 0 aromatic heterocycles. The summed E-state index contributed by atoms with van der Waals surface area (Å²) in [6.07, 6.45) is -0.621. The van der Waals surface area contributed by atoms with Gasteiger partial charge in [-0.3, -0.25) is 4.79 Å². The van der Waals surface area contributed by atoms with E-state index >= 15 is 0 Å². The van der Waals surface area contributed by atoms with Gasteiger partial charge in [0.05, 0.1) is 12.1 Å². The number of likely N-dealkylation sites (N-methyl/N-ethyl adjacent to an activating group) is 1. The van der Waals surface area contributed by atoms with Crippen LogP contribution in [0.3, 0.4) is 0 Å². The van der Waals surface area contributed by atoms with Crippen molar-refractivity contribution < 1.29 is 14.3 Å². The fourth-order valence-corrected chi connectivity index (χ4v) is 1.62. The van der Waals surface area contributed by atoms with Crippen LogP contribution in [0.4, 0.5) is 4.39 Å². The molecule has 0 bridgehead atoms. The number of hydrogen-bond donors (Lipinski definition) is 3. The topological polar surface area (TPSA) is 61.4 Å². The molecule has 0 radical (unpaired) electrons. The average molecular weight is 234 g/mol. The van der Waals surface area contributed by atoms with Crippen molar-refractivity contribution in [3.63, 3.8) is 0 Å². The van der Waals surface area contributed by atoms with E-state index in [1.807, 2.05) is 13.8 Å². The molecule has 0 aliphatic carbocycles. The van der Waals surface area contributed by atoms with Crippen molar-refractivity contribution in [2.24, 2.45) is 5.92 Å². The van der Waals surface area contributed by atoms with Crippen LogP contribution in [0.1, 0.15) is 27.2 Å². The maximum atomic E-state index is 12.3. The van der Waals surface area contributed by atoms with Crippen molar-refractivity contribution in [3.8, 4) is 0 Å². The van der Waals surface area contributed by atoms with Gasteiger partial charge in [-0.15, -0.1) is 0 Å². The number of halogens is 1. The molecule has 1 amide bonds. The zero-order valence-electron chi connectivity index (χ0n) is 10.5. The number of carbonyl (C=O) groups is 1. The molecule has 16 heavy (non-hydrogen) atoms. The molecular formula is C11H23FN2O2. The second kappa shape index (κ2) is 7.57. The van der Waals surface area contributed by atoms with Crippen LogP contribution in [-0.2, 0) is 4.79 Å². The first kappa shape index (κ1) is 15.3. The maximum absolute atomic E-state index is 12.3. The lowest BCUT2D eigenvalue weighted by atomic mass is 10.0. The molecule has 0 aromatic rings. The molecule has 4 nitrogen and oxygen atoms in total. The molecule has 3 atom stereocenters. The predicted molar refractivity (Wildman–Crippen MR) is 61.9 cm³/mol. The molecule has 0 aliphatic rings. The normalized spacial score (nSPS) is 16.9. The first-order valence-corrected chi connectivity index (χ1v) is 5.69. The Kier molecular flexibility index (Phi) is 7.25. The van der Waals surface area contributed by atoms with Crippen LogP contribution >= 0.6 is 0 Å². The lowest BCUT2D eigenvalue weighted by Crippen LogP contribution is -2.52. The molecule has 0 aliphatic heterocycles. The molecule has 0 spiro atoms. The number of aliphatic hydroxyl groups excluding tert-OH is 1. The van der Waals surface area contributed by atoms with E-state index in [1.165, 1.54) is 0 Å². The van der Waals surface area contributed by atoms with E-state index in [9.17, 15) is 14.3 Å². The number of carbonyl (C=O) groups excluding carboxylic acids is 1. The maximum Gasteiger partial charge on any atom is 0.237 e. The van der Waals surface area contributed by atoms with Gasteiger partial charge in [-0.05, 0) is 19.4 Å². The van der Waals surface area contributed by atoms with Gasteiger partial charge in [-0.25, -0.2) is 4.39 Å². The fourth-order valence-electron chi connectivity index (χ4n) is 1.62. The molecule has 0 saturated carbocycles. The molecule has 5 heteroatoms. The highest BCUT2D eigenvalue weighted by Crippen LogP contribution is 2.04. The molecule has 0 aromatic carbocycles. The highest BCUT2D eigenvalue weighted by Gasteiger charge is 2.25. The number of alkyl halides is 1. The summed E-state index contributed by atoms with van der Waals surface area (Å²) in [5, 5.41) is 14.9. The van der Waals surface area contributed by atoms with Crippen molar-refractivity contribution in [2.45, 2.75) is 45.4 Å².